The van der Waals surface area contributed by atoms with Gasteiger partial charge in [0.2, 0.25) is 0 Å². The summed E-state index contributed by atoms with van der Waals surface area (Å²) in [6, 6.07) is 15.2. The smallest absolute Gasteiger partial charge is 0.269 e. The average Bonchev–Trinajstić information content (AvgIpc) is 3.07. The van der Waals surface area contributed by atoms with Gasteiger partial charge in [0.05, 0.1) is 15.8 Å². The van der Waals surface area contributed by atoms with Crippen LogP contribution in [-0.4, -0.2) is 25.6 Å². The lowest BCUT2D eigenvalue weighted by molar-refractivity contribution is -0.384. The van der Waals surface area contributed by atoms with Gasteiger partial charge < -0.3 is 5.32 Å². The summed E-state index contributed by atoms with van der Waals surface area (Å²) in [5, 5.41) is 19.9. The first-order chi connectivity index (χ1) is 14.1. The van der Waals surface area contributed by atoms with E-state index in [1.54, 1.807) is 0 Å². The second kappa shape index (κ2) is 7.67. The number of nitrogens with one attached hydrogen (secondary N) is 1. The number of amides is 1. The number of hydrogen-bond donors (Lipinski definition) is 1. The maximum Gasteiger partial charge on any atom is 0.269 e. The van der Waals surface area contributed by atoms with E-state index in [1.807, 2.05) is 35.0 Å². The number of unbranched alkanes of at least 4 members (excludes halogenated alkanes) is 1. The lowest BCUT2D eigenvalue weighted by atomic mass is 10.1. The molecule has 0 atom stereocenters. The summed E-state index contributed by atoms with van der Waals surface area (Å²) in [6.45, 7) is 2.80. The Morgan fingerprint density at radius 3 is 2.66 bits per heavy atom. The molecule has 8 heteroatoms. The van der Waals surface area contributed by atoms with E-state index in [9.17, 15) is 14.9 Å². The largest absolute Gasteiger partial charge is 0.305 e. The molecule has 0 fully saturated rings. The number of hydrogen-bond acceptors (Lipinski definition) is 5. The molecule has 0 aliphatic carbocycles. The van der Waals surface area contributed by atoms with Gasteiger partial charge in [0.1, 0.15) is 0 Å². The molecule has 0 aliphatic heterocycles. The summed E-state index contributed by atoms with van der Waals surface area (Å²) >= 11 is 0. The van der Waals surface area contributed by atoms with Crippen LogP contribution < -0.4 is 5.32 Å². The number of aryl methyl sites for hydroxylation is 1. The van der Waals surface area contributed by atoms with Crippen LogP contribution in [0.5, 0.6) is 0 Å². The summed E-state index contributed by atoms with van der Waals surface area (Å²) in [6.07, 6.45) is 1.96. The molecule has 2 heterocycles. The third-order valence-corrected chi connectivity index (χ3v) is 4.72. The molecule has 29 heavy (non-hydrogen) atoms. The van der Waals surface area contributed by atoms with Gasteiger partial charge in [0, 0.05) is 29.6 Å². The van der Waals surface area contributed by atoms with Crippen molar-refractivity contribution in [2.24, 2.45) is 0 Å². The van der Waals surface area contributed by atoms with Gasteiger partial charge in [-0.15, -0.1) is 0 Å². The van der Waals surface area contributed by atoms with E-state index in [-0.39, 0.29) is 11.6 Å². The number of fused-ring (bicyclic) bond motifs is 2. The van der Waals surface area contributed by atoms with Crippen LogP contribution in [0.1, 0.15) is 30.1 Å². The molecule has 0 bridgehead atoms. The van der Waals surface area contributed by atoms with Crippen molar-refractivity contribution in [3.05, 3.63) is 70.3 Å². The van der Waals surface area contributed by atoms with Gasteiger partial charge in [-0.1, -0.05) is 31.5 Å². The topological polar surface area (TPSA) is 103 Å². The van der Waals surface area contributed by atoms with Gasteiger partial charge in [0.15, 0.2) is 11.5 Å². The number of aromatic nitrogens is 3. The second-order valence-corrected chi connectivity index (χ2v) is 6.74. The number of para-hydroxylation sites is 1. The third kappa shape index (κ3) is 3.64. The average molecular weight is 389 g/mol. The molecule has 4 rings (SSSR count). The first kappa shape index (κ1) is 18.5. The van der Waals surface area contributed by atoms with Gasteiger partial charge in [0.25, 0.3) is 11.6 Å². The van der Waals surface area contributed by atoms with Gasteiger partial charge in [-0.05, 0) is 30.7 Å². The molecule has 0 unspecified atom stereocenters. The van der Waals surface area contributed by atoms with Gasteiger partial charge >= 0.3 is 0 Å². The number of anilines is 1. The number of benzene rings is 2. The van der Waals surface area contributed by atoms with E-state index in [2.05, 4.69) is 17.3 Å². The minimum Gasteiger partial charge on any atom is -0.305 e. The standard InChI is InChI=1S/C21H19N5O3/c1-2-3-12-25-20-17(13-15-6-4-5-7-18(15)22-20)19(24-25)23-21(27)14-8-10-16(11-9-14)26(28)29/h4-11,13H,2-3,12H2,1H3,(H,23,24,27). The number of carbonyl (C=O) groups is 1. The van der Waals surface area contributed by atoms with Crippen LogP contribution in [0.2, 0.25) is 0 Å². The fraction of sp³-hybridized carbons (Fsp3) is 0.190. The van der Waals surface area contributed by atoms with Crippen molar-refractivity contribution in [2.75, 3.05) is 5.32 Å². The molecule has 2 aromatic heterocycles. The molecule has 0 spiro atoms. The first-order valence-electron chi connectivity index (χ1n) is 9.39. The molecule has 1 amide bonds. The highest BCUT2D eigenvalue weighted by Crippen LogP contribution is 2.26. The molecule has 146 valence electrons. The highest BCUT2D eigenvalue weighted by atomic mass is 16.6. The highest BCUT2D eigenvalue weighted by Gasteiger charge is 2.17. The Balaban J connectivity index is 1.72. The Morgan fingerprint density at radius 1 is 1.17 bits per heavy atom. The van der Waals surface area contributed by atoms with Crippen molar-refractivity contribution in [1.29, 1.82) is 0 Å². The van der Waals surface area contributed by atoms with Gasteiger partial charge in [-0.2, -0.15) is 5.10 Å². The van der Waals surface area contributed by atoms with Crippen LogP contribution in [0.3, 0.4) is 0 Å². The minimum atomic E-state index is -0.499. The number of rotatable bonds is 6. The predicted molar refractivity (Wildman–Crippen MR) is 111 cm³/mol. The van der Waals surface area contributed by atoms with Gasteiger partial charge in [-0.25, -0.2) is 9.67 Å². The maximum absolute atomic E-state index is 12.7. The zero-order valence-corrected chi connectivity index (χ0v) is 15.8. The first-order valence-corrected chi connectivity index (χ1v) is 9.39. The molecule has 2 aromatic carbocycles. The number of nitro benzene ring substituents is 1. The van der Waals surface area contributed by atoms with Crippen LogP contribution >= 0.6 is 0 Å². The molecule has 4 aromatic rings. The van der Waals surface area contributed by atoms with Crippen molar-refractivity contribution in [2.45, 2.75) is 26.3 Å². The van der Waals surface area contributed by atoms with Crippen LogP contribution in [-0.2, 0) is 6.54 Å². The molecule has 0 saturated heterocycles. The lowest BCUT2D eigenvalue weighted by Crippen LogP contribution is -2.13. The van der Waals surface area contributed by atoms with E-state index in [0.29, 0.717) is 17.9 Å². The summed E-state index contributed by atoms with van der Waals surface area (Å²) < 4.78 is 1.82. The molecule has 0 radical (unpaired) electrons. The molecule has 1 N–H and O–H groups in total. The third-order valence-electron chi connectivity index (χ3n) is 4.72. The minimum absolute atomic E-state index is 0.0634. The normalized spacial score (nSPS) is 11.1. The molecule has 0 saturated carbocycles. The maximum atomic E-state index is 12.7. The van der Waals surface area contributed by atoms with E-state index >= 15 is 0 Å². The number of carbonyl (C=O) groups excluding carboxylic acids is 1. The van der Waals surface area contributed by atoms with E-state index in [4.69, 9.17) is 4.98 Å². The van der Waals surface area contributed by atoms with E-state index in [0.717, 1.165) is 34.8 Å². The molecule has 8 nitrogen and oxygen atoms in total. The summed E-state index contributed by atoms with van der Waals surface area (Å²) in [4.78, 5) is 27.7. The Morgan fingerprint density at radius 2 is 1.93 bits per heavy atom. The SMILES string of the molecule is CCCCn1nc(NC(=O)c2ccc([N+](=O)[O-])cc2)c2cc3ccccc3nc21. The summed E-state index contributed by atoms with van der Waals surface area (Å²) in [5.74, 6) is 0.0489. The molecular weight excluding hydrogens is 370 g/mol. The van der Waals surface area contributed by atoms with Gasteiger partial charge in [-0.3, -0.25) is 14.9 Å². The number of non-ortho nitro benzene ring substituents is 1. The molecular formula is C21H19N5O3. The fourth-order valence-electron chi connectivity index (χ4n) is 3.17. The quantitative estimate of drug-likeness (QED) is 0.385. The van der Waals surface area contributed by atoms with E-state index in [1.165, 1.54) is 24.3 Å². The van der Waals surface area contributed by atoms with Crippen LogP contribution in [0.25, 0.3) is 21.9 Å². The fourth-order valence-corrected chi connectivity index (χ4v) is 3.17. The van der Waals surface area contributed by atoms with Crippen LogP contribution in [0.4, 0.5) is 11.5 Å². The monoisotopic (exact) mass is 389 g/mol. The Bertz CT molecular complexity index is 1210. The van der Waals surface area contributed by atoms with Crippen molar-refractivity contribution < 1.29 is 9.72 Å². The van der Waals surface area contributed by atoms with Crippen molar-refractivity contribution in [3.8, 4) is 0 Å². The highest BCUT2D eigenvalue weighted by molar-refractivity contribution is 6.08. The summed E-state index contributed by atoms with van der Waals surface area (Å²) in [5.41, 5.74) is 1.84. The van der Waals surface area contributed by atoms with Crippen LogP contribution in [0, 0.1) is 10.1 Å². The Labute approximate surface area is 166 Å². The Kier molecular flexibility index (Phi) is 4.90. The number of nitrogens with zero attached hydrogens (tertiary/aromatic N) is 4. The zero-order valence-electron chi connectivity index (χ0n) is 15.8. The summed E-state index contributed by atoms with van der Waals surface area (Å²) in [7, 11) is 0. The predicted octanol–water partition coefficient (Wildman–Crippen LogP) is 4.55. The molecule has 0 aliphatic rings. The zero-order chi connectivity index (χ0) is 20.4. The lowest BCUT2D eigenvalue weighted by Gasteiger charge is -2.03. The van der Waals surface area contributed by atoms with Crippen molar-refractivity contribution in [3.63, 3.8) is 0 Å². The van der Waals surface area contributed by atoms with Crippen molar-refractivity contribution in [1.82, 2.24) is 14.8 Å². The number of nitro groups is 1. The number of pyridine rings is 1. The van der Waals surface area contributed by atoms with Crippen molar-refractivity contribution >= 4 is 39.3 Å². The van der Waals surface area contributed by atoms with Crippen LogP contribution in [0.15, 0.2) is 54.6 Å². The second-order valence-electron chi connectivity index (χ2n) is 6.74. The van der Waals surface area contributed by atoms with E-state index < -0.39 is 4.92 Å². The Hall–Kier alpha value is -3.81.